The molecule has 1 aliphatic rings. The summed E-state index contributed by atoms with van der Waals surface area (Å²) in [4.78, 5) is 15.5. The van der Waals surface area contributed by atoms with Gasteiger partial charge in [0, 0.05) is 36.4 Å². The third-order valence-corrected chi connectivity index (χ3v) is 5.51. The number of aromatic nitrogens is 3. The average Bonchev–Trinajstić information content (AvgIpc) is 3.37. The van der Waals surface area contributed by atoms with Crippen LogP contribution in [0, 0.1) is 6.92 Å². The Hall–Kier alpha value is -3.80. The first-order chi connectivity index (χ1) is 14.6. The van der Waals surface area contributed by atoms with Crippen LogP contribution in [0.3, 0.4) is 0 Å². The largest absolute Gasteiger partial charge is 0.496 e. The summed E-state index contributed by atoms with van der Waals surface area (Å²) in [6.07, 6.45) is 3.95. The van der Waals surface area contributed by atoms with Crippen molar-refractivity contribution in [3.8, 4) is 11.4 Å². The molecule has 0 fully saturated rings. The Morgan fingerprint density at radius 2 is 1.87 bits per heavy atom. The van der Waals surface area contributed by atoms with Crippen LogP contribution in [0.4, 0.5) is 5.69 Å². The van der Waals surface area contributed by atoms with Gasteiger partial charge in [-0.15, -0.1) is 0 Å². The van der Waals surface area contributed by atoms with Crippen LogP contribution in [-0.4, -0.2) is 27.4 Å². The minimum absolute atomic E-state index is 0.0860. The van der Waals surface area contributed by atoms with Crippen LogP contribution < -0.4 is 9.64 Å². The van der Waals surface area contributed by atoms with Gasteiger partial charge >= 0.3 is 0 Å². The van der Waals surface area contributed by atoms with Gasteiger partial charge in [0.1, 0.15) is 5.75 Å². The molecule has 0 unspecified atom stereocenters. The summed E-state index contributed by atoms with van der Waals surface area (Å²) in [7, 11) is 1.59. The lowest BCUT2D eigenvalue weighted by atomic mass is 10.1. The summed E-state index contributed by atoms with van der Waals surface area (Å²) in [6, 6.07) is 19.7. The maximum Gasteiger partial charge on any atom is 0.262 e. The summed E-state index contributed by atoms with van der Waals surface area (Å²) < 4.78 is 9.57. The third-order valence-electron chi connectivity index (χ3n) is 5.51. The second kappa shape index (κ2) is 7.22. The Morgan fingerprint density at radius 1 is 1.00 bits per heavy atom. The highest BCUT2D eigenvalue weighted by Gasteiger charge is 2.26. The number of benzene rings is 2. The van der Waals surface area contributed by atoms with Gasteiger partial charge in [-0.25, -0.2) is 4.68 Å². The van der Waals surface area contributed by atoms with Crippen molar-refractivity contribution in [2.45, 2.75) is 20.0 Å². The summed E-state index contributed by atoms with van der Waals surface area (Å²) in [6.45, 7) is 3.20. The van der Waals surface area contributed by atoms with E-state index in [2.05, 4.69) is 28.0 Å². The van der Waals surface area contributed by atoms with Crippen LogP contribution in [-0.2, 0) is 13.1 Å². The molecule has 6 nitrogen and oxygen atoms in total. The van der Waals surface area contributed by atoms with E-state index < -0.39 is 0 Å². The van der Waals surface area contributed by atoms with Gasteiger partial charge in [0.2, 0.25) is 0 Å². The predicted molar refractivity (Wildman–Crippen MR) is 115 cm³/mol. The van der Waals surface area contributed by atoms with E-state index in [0.717, 1.165) is 34.9 Å². The van der Waals surface area contributed by atoms with Crippen molar-refractivity contribution in [3.63, 3.8) is 0 Å². The van der Waals surface area contributed by atoms with E-state index >= 15 is 0 Å². The first-order valence-corrected chi connectivity index (χ1v) is 9.88. The molecule has 150 valence electrons. The van der Waals surface area contributed by atoms with Gasteiger partial charge in [0.15, 0.2) is 0 Å². The quantitative estimate of drug-likeness (QED) is 0.520. The fourth-order valence-corrected chi connectivity index (χ4v) is 3.97. The van der Waals surface area contributed by atoms with Crippen LogP contribution in [0.15, 0.2) is 73.1 Å². The molecule has 5 rings (SSSR count). The van der Waals surface area contributed by atoms with E-state index in [-0.39, 0.29) is 5.91 Å². The van der Waals surface area contributed by atoms with Gasteiger partial charge in [-0.1, -0.05) is 18.2 Å². The number of carbonyl (C=O) groups excluding carboxylic acids is 1. The Balaban J connectivity index is 1.57. The highest BCUT2D eigenvalue weighted by atomic mass is 16.5. The first kappa shape index (κ1) is 18.2. The maximum atomic E-state index is 13.7. The molecule has 2 aromatic heterocycles. The van der Waals surface area contributed by atoms with Gasteiger partial charge in [0.05, 0.1) is 30.6 Å². The van der Waals surface area contributed by atoms with Gasteiger partial charge in [-0.05, 0) is 48.9 Å². The van der Waals surface area contributed by atoms with E-state index in [4.69, 9.17) is 4.74 Å². The standard InChI is InChI=1S/C24H22N4O2/c1-17-11-13-28(25-17)19-9-10-21(23(14-19)30-2)24(29)27-16-20-7-5-12-26(20)15-18-6-3-4-8-22(18)27/h3-14H,15-16H2,1-2H3. The second-order valence-electron chi connectivity index (χ2n) is 7.43. The Labute approximate surface area is 174 Å². The Kier molecular flexibility index (Phi) is 4.39. The van der Waals surface area contributed by atoms with Crippen LogP contribution in [0.2, 0.25) is 0 Å². The second-order valence-corrected chi connectivity index (χ2v) is 7.43. The van der Waals surface area contributed by atoms with Crippen LogP contribution in [0.1, 0.15) is 27.3 Å². The lowest BCUT2D eigenvalue weighted by Crippen LogP contribution is -2.31. The van der Waals surface area contributed by atoms with Crippen molar-refractivity contribution in [2.24, 2.45) is 0 Å². The molecule has 3 heterocycles. The van der Waals surface area contributed by atoms with Crippen molar-refractivity contribution in [3.05, 3.63) is 95.6 Å². The number of methoxy groups -OCH3 is 1. The van der Waals surface area contributed by atoms with Crippen LogP contribution in [0.25, 0.3) is 5.69 Å². The molecule has 0 spiro atoms. The summed E-state index contributed by atoms with van der Waals surface area (Å²) in [5.41, 5.74) is 5.45. The summed E-state index contributed by atoms with van der Waals surface area (Å²) >= 11 is 0. The zero-order chi connectivity index (χ0) is 20.7. The number of ether oxygens (including phenoxy) is 1. The molecule has 0 radical (unpaired) electrons. The van der Waals surface area contributed by atoms with E-state index in [1.807, 2.05) is 66.6 Å². The molecule has 6 heteroatoms. The SMILES string of the molecule is COc1cc(-n2ccc(C)n2)ccc1C(=O)N1Cc2cccn2Cc2ccccc21. The number of para-hydroxylation sites is 1. The normalized spacial score (nSPS) is 12.8. The molecule has 0 bridgehead atoms. The fraction of sp³-hybridized carbons (Fsp3) is 0.167. The highest BCUT2D eigenvalue weighted by molar-refractivity contribution is 6.08. The van der Waals surface area contributed by atoms with E-state index in [1.54, 1.807) is 11.8 Å². The van der Waals surface area contributed by atoms with Crippen molar-refractivity contribution in [1.29, 1.82) is 0 Å². The topological polar surface area (TPSA) is 52.3 Å². The molecule has 1 aliphatic heterocycles. The number of rotatable bonds is 3. The molecule has 2 aromatic carbocycles. The molecule has 0 aliphatic carbocycles. The Bertz CT molecular complexity index is 1240. The molecule has 4 aromatic rings. The molecule has 0 atom stereocenters. The van der Waals surface area contributed by atoms with E-state index in [1.165, 1.54) is 0 Å². The highest BCUT2D eigenvalue weighted by Crippen LogP contribution is 2.31. The summed E-state index contributed by atoms with van der Waals surface area (Å²) in [5, 5.41) is 4.44. The minimum Gasteiger partial charge on any atom is -0.496 e. The minimum atomic E-state index is -0.0860. The smallest absolute Gasteiger partial charge is 0.262 e. The first-order valence-electron chi connectivity index (χ1n) is 9.88. The number of hydrogen-bond acceptors (Lipinski definition) is 3. The lowest BCUT2D eigenvalue weighted by Gasteiger charge is -2.24. The predicted octanol–water partition coefficient (Wildman–Crippen LogP) is 4.20. The Morgan fingerprint density at radius 3 is 2.67 bits per heavy atom. The van der Waals surface area contributed by atoms with E-state index in [0.29, 0.717) is 17.9 Å². The monoisotopic (exact) mass is 398 g/mol. The zero-order valence-electron chi connectivity index (χ0n) is 16.9. The maximum absolute atomic E-state index is 13.7. The number of amides is 1. The molecule has 30 heavy (non-hydrogen) atoms. The van der Waals surface area contributed by atoms with Crippen molar-refractivity contribution in [2.75, 3.05) is 12.0 Å². The lowest BCUT2D eigenvalue weighted by molar-refractivity contribution is 0.0982. The summed E-state index contributed by atoms with van der Waals surface area (Å²) in [5.74, 6) is 0.444. The number of aryl methyl sites for hydroxylation is 1. The van der Waals surface area contributed by atoms with Crippen LogP contribution >= 0.6 is 0 Å². The van der Waals surface area contributed by atoms with Gasteiger partial charge in [-0.2, -0.15) is 5.10 Å². The third kappa shape index (κ3) is 3.06. The number of carbonyl (C=O) groups is 1. The van der Waals surface area contributed by atoms with Gasteiger partial charge in [0.25, 0.3) is 5.91 Å². The van der Waals surface area contributed by atoms with E-state index in [9.17, 15) is 4.79 Å². The van der Waals surface area contributed by atoms with Crippen LogP contribution in [0.5, 0.6) is 5.75 Å². The molecule has 0 saturated carbocycles. The number of anilines is 1. The van der Waals surface area contributed by atoms with Crippen molar-refractivity contribution >= 4 is 11.6 Å². The molecule has 1 amide bonds. The fourth-order valence-electron chi connectivity index (χ4n) is 3.97. The zero-order valence-corrected chi connectivity index (χ0v) is 16.9. The van der Waals surface area contributed by atoms with Crippen molar-refractivity contribution in [1.82, 2.24) is 14.3 Å². The van der Waals surface area contributed by atoms with Gasteiger partial charge < -0.3 is 14.2 Å². The number of hydrogen-bond donors (Lipinski definition) is 0. The average molecular weight is 398 g/mol. The molecule has 0 saturated heterocycles. The van der Waals surface area contributed by atoms with Gasteiger partial charge in [-0.3, -0.25) is 4.79 Å². The molecular formula is C24H22N4O2. The molecule has 0 N–H and O–H groups in total. The molecular weight excluding hydrogens is 376 g/mol. The number of fused-ring (bicyclic) bond motifs is 2. The van der Waals surface area contributed by atoms with Crippen molar-refractivity contribution < 1.29 is 9.53 Å². The number of nitrogens with zero attached hydrogens (tertiary/aromatic N) is 4.